The standard InChI is InChI=1S/C12H20F4N2O2/c1-9(2,3)17-7(19)11(13,14)12(15,16)8(20)18-10(4,5)6/h1-6H3,(H,17,19)(H,18,20). The average molecular weight is 300 g/mol. The van der Waals surface area contributed by atoms with E-state index in [0.717, 1.165) is 0 Å². The molecule has 0 spiro atoms. The van der Waals surface area contributed by atoms with E-state index in [2.05, 4.69) is 0 Å². The first kappa shape index (κ1) is 18.7. The normalized spacial score (nSPS) is 13.9. The van der Waals surface area contributed by atoms with E-state index in [1.807, 2.05) is 0 Å². The van der Waals surface area contributed by atoms with Gasteiger partial charge in [0.25, 0.3) is 11.8 Å². The maximum absolute atomic E-state index is 13.5. The van der Waals surface area contributed by atoms with Gasteiger partial charge in [-0.25, -0.2) is 0 Å². The molecule has 0 bridgehead atoms. The average Bonchev–Trinajstić information content (AvgIpc) is 2.11. The Morgan fingerprint density at radius 2 is 0.850 bits per heavy atom. The van der Waals surface area contributed by atoms with E-state index in [1.165, 1.54) is 41.5 Å². The summed E-state index contributed by atoms with van der Waals surface area (Å²) in [5, 5.41) is 3.47. The minimum absolute atomic E-state index is 1.13. The van der Waals surface area contributed by atoms with Gasteiger partial charge in [0.05, 0.1) is 0 Å². The van der Waals surface area contributed by atoms with Crippen LogP contribution in [0.1, 0.15) is 41.5 Å². The second-order valence-corrected chi connectivity index (χ2v) is 6.56. The molecule has 4 nitrogen and oxygen atoms in total. The molecule has 0 fully saturated rings. The molecule has 0 aromatic rings. The van der Waals surface area contributed by atoms with Crippen LogP contribution in [-0.4, -0.2) is 34.7 Å². The summed E-state index contributed by atoms with van der Waals surface area (Å²) >= 11 is 0. The SMILES string of the molecule is CC(C)(C)NC(=O)C(F)(F)C(F)(F)C(=O)NC(C)(C)C. The number of rotatable bonds is 3. The highest BCUT2D eigenvalue weighted by Crippen LogP contribution is 2.35. The lowest BCUT2D eigenvalue weighted by Crippen LogP contribution is -2.63. The van der Waals surface area contributed by atoms with Gasteiger partial charge in [-0.3, -0.25) is 9.59 Å². The Kier molecular flexibility index (Phi) is 4.86. The summed E-state index contributed by atoms with van der Waals surface area (Å²) in [6.45, 7) is 8.13. The molecule has 2 amide bonds. The van der Waals surface area contributed by atoms with E-state index in [0.29, 0.717) is 0 Å². The lowest BCUT2D eigenvalue weighted by atomic mass is 10.0. The zero-order valence-corrected chi connectivity index (χ0v) is 12.3. The van der Waals surface area contributed by atoms with Gasteiger partial charge in [-0.2, -0.15) is 17.6 Å². The third-order valence-electron chi connectivity index (χ3n) is 1.94. The number of halogens is 4. The van der Waals surface area contributed by atoms with Crippen molar-refractivity contribution in [2.24, 2.45) is 0 Å². The van der Waals surface area contributed by atoms with Gasteiger partial charge in [-0.1, -0.05) is 0 Å². The number of carbonyl (C=O) groups is 2. The largest absolute Gasteiger partial charge is 0.395 e. The molecule has 0 radical (unpaired) electrons. The fourth-order valence-electron chi connectivity index (χ4n) is 1.12. The van der Waals surface area contributed by atoms with Crippen molar-refractivity contribution in [1.29, 1.82) is 0 Å². The van der Waals surface area contributed by atoms with Crippen LogP contribution in [0.4, 0.5) is 17.6 Å². The van der Waals surface area contributed by atoms with Crippen LogP contribution in [0.25, 0.3) is 0 Å². The van der Waals surface area contributed by atoms with E-state index < -0.39 is 34.7 Å². The maximum Gasteiger partial charge on any atom is 0.395 e. The van der Waals surface area contributed by atoms with Crippen molar-refractivity contribution in [3.8, 4) is 0 Å². The monoisotopic (exact) mass is 300 g/mol. The second kappa shape index (κ2) is 5.21. The molecule has 0 aliphatic carbocycles. The fourth-order valence-corrected chi connectivity index (χ4v) is 1.12. The first-order valence-corrected chi connectivity index (χ1v) is 5.91. The molecule has 0 aliphatic heterocycles. The summed E-state index contributed by atoms with van der Waals surface area (Å²) < 4.78 is 54.1. The van der Waals surface area contributed by atoms with Gasteiger partial charge in [0.1, 0.15) is 0 Å². The number of hydrogen-bond donors (Lipinski definition) is 2. The lowest BCUT2D eigenvalue weighted by molar-refractivity contribution is -0.212. The second-order valence-electron chi connectivity index (χ2n) is 6.56. The Labute approximate surface area is 115 Å². The Balaban J connectivity index is 5.25. The zero-order valence-electron chi connectivity index (χ0n) is 12.3. The first-order chi connectivity index (χ1) is 8.51. The molecule has 0 saturated heterocycles. The quantitative estimate of drug-likeness (QED) is 0.784. The van der Waals surface area contributed by atoms with Gasteiger partial charge < -0.3 is 10.6 Å². The van der Waals surface area contributed by atoms with E-state index in [4.69, 9.17) is 0 Å². The molecule has 0 rings (SSSR count). The molecule has 0 aromatic carbocycles. The lowest BCUT2D eigenvalue weighted by Gasteiger charge is -2.30. The fraction of sp³-hybridized carbons (Fsp3) is 0.833. The van der Waals surface area contributed by atoms with Crippen LogP contribution in [0, 0.1) is 0 Å². The van der Waals surface area contributed by atoms with Crippen molar-refractivity contribution in [3.05, 3.63) is 0 Å². The van der Waals surface area contributed by atoms with Gasteiger partial charge in [0, 0.05) is 11.1 Å². The van der Waals surface area contributed by atoms with Crippen LogP contribution in [0.5, 0.6) is 0 Å². The number of alkyl halides is 4. The predicted octanol–water partition coefficient (Wildman–Crippen LogP) is 2.09. The summed E-state index contributed by atoms with van der Waals surface area (Å²) in [6, 6.07) is 0. The molecule has 0 heterocycles. The van der Waals surface area contributed by atoms with E-state index in [9.17, 15) is 27.2 Å². The summed E-state index contributed by atoms with van der Waals surface area (Å²) in [7, 11) is 0. The Bertz CT molecular complexity index is 357. The van der Waals surface area contributed by atoms with Crippen LogP contribution < -0.4 is 10.6 Å². The highest BCUT2D eigenvalue weighted by Gasteiger charge is 2.67. The van der Waals surface area contributed by atoms with Crippen molar-refractivity contribution in [3.63, 3.8) is 0 Å². The highest BCUT2D eigenvalue weighted by atomic mass is 19.3. The molecule has 0 aromatic heterocycles. The molecular formula is C12H20F4N2O2. The highest BCUT2D eigenvalue weighted by molar-refractivity contribution is 5.95. The topological polar surface area (TPSA) is 58.2 Å². The summed E-state index contributed by atoms with van der Waals surface area (Å²) in [4.78, 5) is 22.6. The first-order valence-electron chi connectivity index (χ1n) is 5.91. The number of nitrogens with one attached hydrogen (secondary N) is 2. The molecule has 0 unspecified atom stereocenters. The van der Waals surface area contributed by atoms with E-state index in [1.54, 1.807) is 10.6 Å². The molecular weight excluding hydrogens is 280 g/mol. The smallest absolute Gasteiger partial charge is 0.346 e. The van der Waals surface area contributed by atoms with E-state index in [-0.39, 0.29) is 0 Å². The molecule has 2 N–H and O–H groups in total. The van der Waals surface area contributed by atoms with Gasteiger partial charge >= 0.3 is 11.8 Å². The van der Waals surface area contributed by atoms with Crippen molar-refractivity contribution in [2.45, 2.75) is 64.5 Å². The van der Waals surface area contributed by atoms with Gasteiger partial charge in [-0.15, -0.1) is 0 Å². The minimum atomic E-state index is -5.14. The molecule has 0 atom stereocenters. The van der Waals surface area contributed by atoms with Crippen molar-refractivity contribution >= 4 is 11.8 Å². The van der Waals surface area contributed by atoms with Gasteiger partial charge in [0.15, 0.2) is 0 Å². The van der Waals surface area contributed by atoms with Crippen LogP contribution >= 0.6 is 0 Å². The third kappa shape index (κ3) is 4.64. The van der Waals surface area contributed by atoms with Crippen LogP contribution in [0.3, 0.4) is 0 Å². The van der Waals surface area contributed by atoms with Crippen LogP contribution in [-0.2, 0) is 9.59 Å². The Morgan fingerprint density at radius 3 is 1.00 bits per heavy atom. The maximum atomic E-state index is 13.5. The summed E-state index contributed by atoms with van der Waals surface area (Å²) in [6.07, 6.45) is 0. The third-order valence-corrected chi connectivity index (χ3v) is 1.94. The van der Waals surface area contributed by atoms with Crippen LogP contribution in [0.2, 0.25) is 0 Å². The summed E-state index contributed by atoms with van der Waals surface area (Å²) in [5.74, 6) is -14.7. The van der Waals surface area contributed by atoms with Gasteiger partial charge in [-0.05, 0) is 41.5 Å². The molecule has 0 saturated carbocycles. The van der Waals surface area contributed by atoms with E-state index >= 15 is 0 Å². The number of amides is 2. The Hall–Kier alpha value is -1.34. The molecule has 8 heteroatoms. The molecule has 118 valence electrons. The van der Waals surface area contributed by atoms with Crippen molar-refractivity contribution in [1.82, 2.24) is 10.6 Å². The molecule has 20 heavy (non-hydrogen) atoms. The number of carbonyl (C=O) groups excluding carboxylic acids is 2. The van der Waals surface area contributed by atoms with Gasteiger partial charge in [0.2, 0.25) is 0 Å². The predicted molar refractivity (Wildman–Crippen MR) is 65.7 cm³/mol. The van der Waals surface area contributed by atoms with Crippen molar-refractivity contribution < 1.29 is 27.2 Å². The zero-order chi connectivity index (χ0) is 16.6. The number of hydrogen-bond acceptors (Lipinski definition) is 2. The minimum Gasteiger partial charge on any atom is -0.346 e. The molecule has 0 aliphatic rings. The van der Waals surface area contributed by atoms with Crippen molar-refractivity contribution in [2.75, 3.05) is 0 Å². The summed E-state index contributed by atoms with van der Waals surface area (Å²) in [5.41, 5.74) is -2.26. The van der Waals surface area contributed by atoms with Crippen LogP contribution in [0.15, 0.2) is 0 Å². The Morgan fingerprint density at radius 1 is 0.650 bits per heavy atom.